The number of rotatable bonds is 7. The zero-order valence-electron chi connectivity index (χ0n) is 19.1. The highest BCUT2D eigenvalue weighted by molar-refractivity contribution is 5.81. The Kier molecular flexibility index (Phi) is 6.18. The molecule has 35 heavy (non-hydrogen) atoms. The van der Waals surface area contributed by atoms with Crippen molar-refractivity contribution in [2.24, 2.45) is 7.05 Å². The molecule has 0 amide bonds. The number of nitrogens with zero attached hydrogens (tertiary/aromatic N) is 1. The Hall–Kier alpha value is -4.58. The molecule has 0 N–H and O–H groups in total. The second kappa shape index (κ2) is 9.73. The normalized spacial score (nSPS) is 10.9. The lowest BCUT2D eigenvalue weighted by molar-refractivity contribution is 0.282. The maximum absolute atomic E-state index is 13.3. The van der Waals surface area contributed by atoms with Crippen LogP contribution in [0.4, 0.5) is 0 Å². The Bertz CT molecular complexity index is 1590. The van der Waals surface area contributed by atoms with Crippen molar-refractivity contribution in [2.75, 3.05) is 0 Å². The third kappa shape index (κ3) is 4.73. The summed E-state index contributed by atoms with van der Waals surface area (Å²) in [5.74, 6) is 0.698. The van der Waals surface area contributed by atoms with Crippen molar-refractivity contribution in [2.45, 2.75) is 13.2 Å². The van der Waals surface area contributed by atoms with Gasteiger partial charge in [0.05, 0.1) is 17.3 Å². The van der Waals surface area contributed by atoms with Crippen LogP contribution in [0.1, 0.15) is 11.3 Å². The van der Waals surface area contributed by atoms with Crippen LogP contribution in [0.3, 0.4) is 0 Å². The van der Waals surface area contributed by atoms with Gasteiger partial charge in [0.25, 0.3) is 0 Å². The highest BCUT2D eigenvalue weighted by Crippen LogP contribution is 2.31. The maximum atomic E-state index is 13.3. The first-order chi connectivity index (χ1) is 17.1. The van der Waals surface area contributed by atoms with E-state index < -0.39 is 0 Å². The smallest absolute Gasteiger partial charge is 0.235 e. The van der Waals surface area contributed by atoms with Gasteiger partial charge in [-0.3, -0.25) is 9.59 Å². The number of para-hydroxylation sites is 1. The molecule has 2 aromatic heterocycles. The fraction of sp³-hybridized carbons (Fsp3) is 0.103. The van der Waals surface area contributed by atoms with Crippen molar-refractivity contribution in [3.63, 3.8) is 0 Å². The van der Waals surface area contributed by atoms with Crippen molar-refractivity contribution in [3.05, 3.63) is 129 Å². The maximum Gasteiger partial charge on any atom is 0.235 e. The van der Waals surface area contributed by atoms with Crippen LogP contribution in [0.5, 0.6) is 11.5 Å². The van der Waals surface area contributed by atoms with Crippen molar-refractivity contribution in [1.29, 1.82) is 0 Å². The standard InChI is InChI=1S/C29H23NO5/c1-30-17-26(33-18-20-10-4-2-5-11-20)24(31)16-22(30)19-34-29-27(32)23-14-8-9-15-25(23)35-28(29)21-12-6-3-7-13-21/h2-17H,18-19H2,1H3. The SMILES string of the molecule is Cn1cc(OCc2ccccc2)c(=O)cc1COc1c(-c2ccccc2)oc2ccccc2c1=O. The van der Waals surface area contributed by atoms with E-state index in [0.717, 1.165) is 11.1 Å². The molecule has 0 aliphatic rings. The molecular weight excluding hydrogens is 442 g/mol. The topological polar surface area (TPSA) is 70.7 Å². The molecule has 0 spiro atoms. The Morgan fingerprint density at radius 2 is 1.49 bits per heavy atom. The van der Waals surface area contributed by atoms with E-state index in [1.165, 1.54) is 6.07 Å². The minimum absolute atomic E-state index is 0.00758. The van der Waals surface area contributed by atoms with Gasteiger partial charge in [-0.15, -0.1) is 0 Å². The molecule has 2 heterocycles. The van der Waals surface area contributed by atoms with Gasteiger partial charge in [0.2, 0.25) is 16.6 Å². The van der Waals surface area contributed by atoms with Crippen LogP contribution in [0.25, 0.3) is 22.3 Å². The second-order valence-electron chi connectivity index (χ2n) is 8.12. The average molecular weight is 466 g/mol. The van der Waals surface area contributed by atoms with E-state index in [0.29, 0.717) is 29.0 Å². The summed E-state index contributed by atoms with van der Waals surface area (Å²) >= 11 is 0. The predicted molar refractivity (Wildman–Crippen MR) is 135 cm³/mol. The van der Waals surface area contributed by atoms with Crippen LogP contribution < -0.4 is 20.3 Å². The summed E-state index contributed by atoms with van der Waals surface area (Å²) < 4.78 is 19.6. The van der Waals surface area contributed by atoms with Crippen LogP contribution in [-0.4, -0.2) is 4.57 Å². The fourth-order valence-corrected chi connectivity index (χ4v) is 3.82. The summed E-state index contributed by atoms with van der Waals surface area (Å²) in [5, 5.41) is 0.431. The van der Waals surface area contributed by atoms with Crippen LogP contribution >= 0.6 is 0 Å². The zero-order valence-corrected chi connectivity index (χ0v) is 19.1. The quantitative estimate of drug-likeness (QED) is 0.326. The second-order valence-corrected chi connectivity index (χ2v) is 8.12. The molecule has 0 aliphatic carbocycles. The summed E-state index contributed by atoms with van der Waals surface area (Å²) in [6.07, 6.45) is 1.63. The summed E-state index contributed by atoms with van der Waals surface area (Å²) in [7, 11) is 1.80. The van der Waals surface area contributed by atoms with Crippen molar-refractivity contribution in [3.8, 4) is 22.8 Å². The van der Waals surface area contributed by atoms with E-state index in [1.807, 2.05) is 66.7 Å². The molecule has 5 rings (SSSR count). The number of aromatic nitrogens is 1. The molecular formula is C29H23NO5. The molecule has 174 valence electrons. The number of aryl methyl sites for hydroxylation is 1. The van der Waals surface area contributed by atoms with E-state index in [2.05, 4.69) is 0 Å². The van der Waals surface area contributed by atoms with Gasteiger partial charge in [-0.1, -0.05) is 72.8 Å². The zero-order chi connectivity index (χ0) is 24.2. The van der Waals surface area contributed by atoms with Gasteiger partial charge in [-0.05, 0) is 17.7 Å². The molecule has 3 aromatic carbocycles. The molecule has 0 saturated heterocycles. The third-order valence-electron chi connectivity index (χ3n) is 5.70. The molecule has 5 aromatic rings. The number of benzene rings is 3. The lowest BCUT2D eigenvalue weighted by Gasteiger charge is -2.14. The highest BCUT2D eigenvalue weighted by atomic mass is 16.5. The van der Waals surface area contributed by atoms with Gasteiger partial charge in [-0.25, -0.2) is 0 Å². The number of pyridine rings is 1. The van der Waals surface area contributed by atoms with Gasteiger partial charge in [0, 0.05) is 18.7 Å². The largest absolute Gasteiger partial charge is 0.483 e. The summed E-state index contributed by atoms with van der Waals surface area (Å²) in [6.45, 7) is 0.304. The van der Waals surface area contributed by atoms with Crippen LogP contribution in [0, 0.1) is 0 Å². The molecule has 0 atom stereocenters. The lowest BCUT2D eigenvalue weighted by Crippen LogP contribution is -2.17. The van der Waals surface area contributed by atoms with Crippen molar-refractivity contribution in [1.82, 2.24) is 4.57 Å². The van der Waals surface area contributed by atoms with Crippen LogP contribution in [0.15, 0.2) is 111 Å². The molecule has 0 radical (unpaired) electrons. The first kappa shape index (κ1) is 22.2. The number of hydrogen-bond acceptors (Lipinski definition) is 5. The van der Waals surface area contributed by atoms with Crippen LogP contribution in [-0.2, 0) is 20.3 Å². The Labute approximate surface area is 201 Å². The van der Waals surface area contributed by atoms with E-state index in [1.54, 1.807) is 36.0 Å². The summed E-state index contributed by atoms with van der Waals surface area (Å²) in [5.41, 5.74) is 2.25. The Morgan fingerprint density at radius 1 is 0.800 bits per heavy atom. The Morgan fingerprint density at radius 3 is 2.26 bits per heavy atom. The molecule has 0 aliphatic heterocycles. The predicted octanol–water partition coefficient (Wildman–Crippen LogP) is 5.32. The number of ether oxygens (including phenoxy) is 2. The third-order valence-corrected chi connectivity index (χ3v) is 5.70. The fourth-order valence-electron chi connectivity index (χ4n) is 3.82. The van der Waals surface area contributed by atoms with E-state index in [-0.39, 0.29) is 29.0 Å². The molecule has 6 heteroatoms. The van der Waals surface area contributed by atoms with Gasteiger partial charge in [0.1, 0.15) is 18.8 Å². The number of fused-ring (bicyclic) bond motifs is 1. The van der Waals surface area contributed by atoms with Gasteiger partial charge in [-0.2, -0.15) is 0 Å². The molecule has 0 unspecified atom stereocenters. The molecule has 0 saturated carbocycles. The number of hydrogen-bond donors (Lipinski definition) is 0. The van der Waals surface area contributed by atoms with Crippen LogP contribution in [0.2, 0.25) is 0 Å². The summed E-state index contributed by atoms with van der Waals surface area (Å²) in [4.78, 5) is 26.0. The van der Waals surface area contributed by atoms with E-state index in [4.69, 9.17) is 13.9 Å². The molecule has 6 nitrogen and oxygen atoms in total. The molecule has 0 fully saturated rings. The van der Waals surface area contributed by atoms with Gasteiger partial charge in [0.15, 0.2) is 11.5 Å². The first-order valence-corrected chi connectivity index (χ1v) is 11.2. The monoisotopic (exact) mass is 465 g/mol. The van der Waals surface area contributed by atoms with Crippen molar-refractivity contribution < 1.29 is 13.9 Å². The average Bonchev–Trinajstić information content (AvgIpc) is 2.90. The lowest BCUT2D eigenvalue weighted by atomic mass is 10.1. The Balaban J connectivity index is 1.44. The van der Waals surface area contributed by atoms with E-state index >= 15 is 0 Å². The minimum Gasteiger partial charge on any atom is -0.483 e. The van der Waals surface area contributed by atoms with Gasteiger partial charge >= 0.3 is 0 Å². The minimum atomic E-state index is -0.265. The molecule has 0 bridgehead atoms. The summed E-state index contributed by atoms with van der Waals surface area (Å²) in [6, 6.07) is 27.5. The highest BCUT2D eigenvalue weighted by Gasteiger charge is 2.18. The van der Waals surface area contributed by atoms with Crippen molar-refractivity contribution >= 4 is 11.0 Å². The van der Waals surface area contributed by atoms with Gasteiger partial charge < -0.3 is 18.5 Å². The first-order valence-electron chi connectivity index (χ1n) is 11.2. The van der Waals surface area contributed by atoms with E-state index in [9.17, 15) is 9.59 Å².